The van der Waals surface area contributed by atoms with Crippen LogP contribution < -0.4 is 14.9 Å². The number of alkyl halides is 3. The van der Waals surface area contributed by atoms with Crippen LogP contribution in [0.4, 0.5) is 19.1 Å². The average molecular weight is 448 g/mol. The number of aliphatic imine (C=N–C) groups is 1. The lowest BCUT2D eigenvalue weighted by Crippen LogP contribution is -2.53. The number of halogens is 3. The van der Waals surface area contributed by atoms with Crippen molar-refractivity contribution in [3.8, 4) is 17.3 Å². The number of nitriles is 1. The molecule has 12 heteroatoms. The first-order valence-electron chi connectivity index (χ1n) is 8.70. The van der Waals surface area contributed by atoms with Crippen molar-refractivity contribution in [3.05, 3.63) is 53.7 Å². The van der Waals surface area contributed by atoms with Crippen molar-refractivity contribution in [2.45, 2.75) is 11.2 Å². The molecule has 2 aromatic heterocycles. The molecule has 0 saturated heterocycles. The van der Waals surface area contributed by atoms with Crippen LogP contribution in [0.5, 0.6) is 0 Å². The van der Waals surface area contributed by atoms with Crippen molar-refractivity contribution in [1.29, 1.82) is 5.26 Å². The fraction of sp³-hybridized carbons (Fsp3) is 0.211. The van der Waals surface area contributed by atoms with Gasteiger partial charge in [-0.1, -0.05) is 42.1 Å². The highest BCUT2D eigenvalue weighted by atomic mass is 32.2. The highest BCUT2D eigenvalue weighted by Gasteiger charge is 2.36. The van der Waals surface area contributed by atoms with Gasteiger partial charge >= 0.3 is 12.1 Å². The summed E-state index contributed by atoms with van der Waals surface area (Å²) in [7, 11) is 3.38. The van der Waals surface area contributed by atoms with E-state index >= 15 is 0 Å². The van der Waals surface area contributed by atoms with Gasteiger partial charge in [-0.05, 0) is 12.0 Å². The zero-order valence-corrected chi connectivity index (χ0v) is 17.1. The first kappa shape index (κ1) is 22.1. The lowest BCUT2D eigenvalue weighted by Gasteiger charge is -2.15. The fourth-order valence-corrected chi connectivity index (χ4v) is 3.25. The van der Waals surface area contributed by atoms with Crippen molar-refractivity contribution in [3.63, 3.8) is 0 Å². The molecule has 0 unspecified atom stereocenters. The van der Waals surface area contributed by atoms with E-state index < -0.39 is 23.2 Å². The van der Waals surface area contributed by atoms with Gasteiger partial charge in [0.2, 0.25) is 5.27 Å². The minimum atomic E-state index is -4.76. The Morgan fingerprint density at radius 3 is 2.61 bits per heavy atom. The van der Waals surface area contributed by atoms with Crippen LogP contribution in [0.15, 0.2) is 57.1 Å². The molecule has 0 N–H and O–H groups in total. The minimum Gasteiger partial charge on any atom is -0.861 e. The Morgan fingerprint density at radius 1 is 1.32 bits per heavy atom. The van der Waals surface area contributed by atoms with E-state index in [1.807, 2.05) is 0 Å². The van der Waals surface area contributed by atoms with E-state index in [9.17, 15) is 23.5 Å². The van der Waals surface area contributed by atoms with E-state index in [4.69, 9.17) is 4.52 Å². The second-order valence-corrected chi connectivity index (χ2v) is 7.28. The third-order valence-corrected chi connectivity index (χ3v) is 4.85. The molecule has 31 heavy (non-hydrogen) atoms. The lowest BCUT2D eigenvalue weighted by atomic mass is 10.1. The first-order valence-corrected chi connectivity index (χ1v) is 9.69. The fourth-order valence-electron chi connectivity index (χ4n) is 2.47. The molecule has 0 saturated carbocycles. The first-order chi connectivity index (χ1) is 14.7. The van der Waals surface area contributed by atoms with Crippen LogP contribution in [0, 0.1) is 11.3 Å². The number of benzene rings is 1. The van der Waals surface area contributed by atoms with Crippen molar-refractivity contribution in [2.24, 2.45) is 4.99 Å². The second kappa shape index (κ2) is 9.05. The third kappa shape index (κ3) is 5.32. The predicted octanol–water partition coefficient (Wildman–Crippen LogP) is 2.29. The molecule has 0 aliphatic rings. The Morgan fingerprint density at radius 2 is 2.03 bits per heavy atom. The van der Waals surface area contributed by atoms with Crippen LogP contribution in [0.3, 0.4) is 0 Å². The third-order valence-electron chi connectivity index (χ3n) is 3.89. The van der Waals surface area contributed by atoms with Gasteiger partial charge in [-0.3, -0.25) is 4.52 Å². The van der Waals surface area contributed by atoms with Crippen LogP contribution in [-0.4, -0.2) is 36.0 Å². The summed E-state index contributed by atoms with van der Waals surface area (Å²) >= 11 is 0.695. The molecule has 0 spiro atoms. The van der Waals surface area contributed by atoms with Gasteiger partial charge in [0.1, 0.15) is 11.1 Å². The molecule has 0 radical (unpaired) electrons. The lowest BCUT2D eigenvalue weighted by molar-refractivity contribution is -0.753. The summed E-state index contributed by atoms with van der Waals surface area (Å²) in [5.74, 6) is -1.10. The van der Waals surface area contributed by atoms with Gasteiger partial charge in [0.05, 0.1) is 35.7 Å². The topological polar surface area (TPSA) is 105 Å². The summed E-state index contributed by atoms with van der Waals surface area (Å²) in [5.41, 5.74) is -1.26. The summed E-state index contributed by atoms with van der Waals surface area (Å²) in [5, 5.41) is 26.5. The molecule has 0 aliphatic carbocycles. The summed E-state index contributed by atoms with van der Waals surface area (Å²) in [6, 6.07) is 10.6. The van der Waals surface area contributed by atoms with Crippen LogP contribution in [0.2, 0.25) is 0 Å². The van der Waals surface area contributed by atoms with Gasteiger partial charge in [-0.2, -0.15) is 23.4 Å². The van der Waals surface area contributed by atoms with E-state index in [2.05, 4.69) is 15.2 Å². The molecule has 0 fully saturated rings. The maximum absolute atomic E-state index is 13.6. The largest absolute Gasteiger partial charge is 0.861 e. The van der Waals surface area contributed by atoms with Crippen molar-refractivity contribution in [1.82, 2.24) is 10.3 Å². The van der Waals surface area contributed by atoms with E-state index in [0.29, 0.717) is 17.3 Å². The normalized spacial score (nSPS) is 11.9. The molecule has 0 bridgehead atoms. The second-order valence-electron chi connectivity index (χ2n) is 6.31. The summed E-state index contributed by atoms with van der Waals surface area (Å²) in [6.45, 7) is 0. The standard InChI is InChI=1S/C19H15F3N6O2S/c1-27(2)28-10-17(30-26-28)25-16(29)11-31-18-13(9-23)14(19(20,21)22)8-15(24-18)12-6-4-3-5-7-12/h3-8,10H,11H2,1-2H3. The van der Waals surface area contributed by atoms with Crippen LogP contribution in [-0.2, 0) is 6.18 Å². The number of nitrogens with zero attached hydrogens (tertiary/aromatic N) is 6. The average Bonchev–Trinajstić information content (AvgIpc) is 3.20. The smallest absolute Gasteiger partial charge is 0.417 e. The van der Waals surface area contributed by atoms with Gasteiger partial charge in [0.25, 0.3) is 6.20 Å². The molecule has 3 aromatic rings. The molecular weight excluding hydrogens is 433 g/mol. The van der Waals surface area contributed by atoms with Crippen molar-refractivity contribution < 1.29 is 27.6 Å². The van der Waals surface area contributed by atoms with Gasteiger partial charge in [0, 0.05) is 11.3 Å². The number of pyridine rings is 1. The van der Waals surface area contributed by atoms with Crippen molar-refractivity contribution in [2.75, 3.05) is 24.9 Å². The van der Waals surface area contributed by atoms with Crippen LogP contribution in [0.25, 0.3) is 11.3 Å². The molecule has 2 heterocycles. The Balaban J connectivity index is 1.93. The Hall–Kier alpha value is -3.59. The summed E-state index contributed by atoms with van der Waals surface area (Å²) in [6.07, 6.45) is -3.40. The Kier molecular flexibility index (Phi) is 6.45. The SMILES string of the molecule is CN(C)[n+]1cc(/N=C(/[O-])CSc2nc(-c3ccccc3)cc(C(F)(F)F)c2C#N)on1. The van der Waals surface area contributed by atoms with Gasteiger partial charge in [-0.15, -0.1) is 0 Å². The quantitative estimate of drug-likeness (QED) is 0.247. The summed E-state index contributed by atoms with van der Waals surface area (Å²) in [4.78, 5) is 9.21. The highest BCUT2D eigenvalue weighted by molar-refractivity contribution is 7.99. The number of hydrogen-bond donors (Lipinski definition) is 0. The number of hydrogen-bond acceptors (Lipinski definition) is 8. The van der Waals surface area contributed by atoms with Crippen LogP contribution >= 0.6 is 11.8 Å². The van der Waals surface area contributed by atoms with Crippen LogP contribution in [0.1, 0.15) is 11.1 Å². The van der Waals surface area contributed by atoms with Gasteiger partial charge in [0.15, 0.2) is 0 Å². The number of rotatable bonds is 6. The van der Waals surface area contributed by atoms with E-state index in [1.54, 1.807) is 55.5 Å². The van der Waals surface area contributed by atoms with E-state index in [1.165, 1.54) is 11.0 Å². The predicted molar refractivity (Wildman–Crippen MR) is 104 cm³/mol. The van der Waals surface area contributed by atoms with E-state index in [0.717, 1.165) is 6.07 Å². The zero-order valence-electron chi connectivity index (χ0n) is 16.3. The van der Waals surface area contributed by atoms with Gasteiger partial charge in [-0.25, -0.2) is 9.98 Å². The monoisotopic (exact) mass is 448 g/mol. The molecule has 8 nitrogen and oxygen atoms in total. The number of aromatic nitrogens is 3. The molecule has 160 valence electrons. The molecule has 0 amide bonds. The molecule has 0 atom stereocenters. The molecule has 3 rings (SSSR count). The molecular formula is C19H15F3N6O2S. The van der Waals surface area contributed by atoms with Gasteiger partial charge < -0.3 is 5.11 Å². The maximum Gasteiger partial charge on any atom is 0.417 e. The van der Waals surface area contributed by atoms with Crippen molar-refractivity contribution >= 4 is 23.5 Å². The zero-order chi connectivity index (χ0) is 22.6. The minimum absolute atomic E-state index is 0.0427. The highest BCUT2D eigenvalue weighted by Crippen LogP contribution is 2.37. The Bertz CT molecular complexity index is 1140. The summed E-state index contributed by atoms with van der Waals surface area (Å²) < 4.78 is 45.6. The number of thioether (sulfide) groups is 1. The molecule has 1 aromatic carbocycles. The maximum atomic E-state index is 13.6. The molecule has 0 aliphatic heterocycles. The van der Waals surface area contributed by atoms with E-state index in [-0.39, 0.29) is 22.4 Å². The Labute approximate surface area is 179 Å².